The number of esters is 1. The Morgan fingerprint density at radius 3 is 2.66 bits per heavy atom. The van der Waals surface area contributed by atoms with Crippen LogP contribution in [0.4, 0.5) is 24.5 Å². The highest BCUT2D eigenvalue weighted by Gasteiger charge is 2.35. The molecular formula is C23H20F3N3O6. The van der Waals surface area contributed by atoms with Crippen LogP contribution in [0, 0.1) is 0 Å². The first-order chi connectivity index (χ1) is 16.5. The summed E-state index contributed by atoms with van der Waals surface area (Å²) in [6.45, 7) is 1.06. The molecule has 0 spiro atoms. The van der Waals surface area contributed by atoms with Gasteiger partial charge in [-0.3, -0.25) is 23.9 Å². The highest BCUT2D eigenvalue weighted by Crippen LogP contribution is 2.37. The van der Waals surface area contributed by atoms with Gasteiger partial charge in [0.1, 0.15) is 6.54 Å². The SMILES string of the molecule is CC(OC(=O)CCCn1c(=O)oc2ccccc21)C(=O)N1CC(=O)Nc2cc(C(F)(F)F)ccc21. The number of fused-ring (bicyclic) bond motifs is 2. The summed E-state index contributed by atoms with van der Waals surface area (Å²) in [7, 11) is 0. The molecule has 1 aliphatic rings. The smallest absolute Gasteiger partial charge is 0.419 e. The Morgan fingerprint density at radius 2 is 1.91 bits per heavy atom. The second-order valence-corrected chi connectivity index (χ2v) is 7.93. The van der Waals surface area contributed by atoms with Crippen molar-refractivity contribution in [3.8, 4) is 0 Å². The molecule has 0 fully saturated rings. The molecule has 35 heavy (non-hydrogen) atoms. The third-order valence-corrected chi connectivity index (χ3v) is 5.45. The maximum Gasteiger partial charge on any atom is 0.419 e. The van der Waals surface area contributed by atoms with E-state index >= 15 is 0 Å². The number of hydrogen-bond donors (Lipinski definition) is 1. The molecule has 3 aromatic rings. The lowest BCUT2D eigenvalue weighted by atomic mass is 10.1. The lowest BCUT2D eigenvalue weighted by Crippen LogP contribution is -2.47. The summed E-state index contributed by atoms with van der Waals surface area (Å²) in [5.41, 5.74) is -0.0649. The molecule has 0 bridgehead atoms. The van der Waals surface area contributed by atoms with Crippen LogP contribution in [0.2, 0.25) is 0 Å². The zero-order valence-corrected chi connectivity index (χ0v) is 18.4. The summed E-state index contributed by atoms with van der Waals surface area (Å²) in [6, 6.07) is 9.46. The largest absolute Gasteiger partial charge is 0.453 e. The topological polar surface area (TPSA) is 111 Å². The number of ether oxygens (including phenoxy) is 1. The van der Waals surface area contributed by atoms with E-state index in [1.807, 2.05) is 0 Å². The van der Waals surface area contributed by atoms with E-state index in [-0.39, 0.29) is 30.8 Å². The third kappa shape index (κ3) is 5.05. The monoisotopic (exact) mass is 491 g/mol. The zero-order valence-electron chi connectivity index (χ0n) is 18.4. The van der Waals surface area contributed by atoms with E-state index in [4.69, 9.17) is 9.15 Å². The number of nitrogens with zero attached hydrogens (tertiary/aromatic N) is 2. The van der Waals surface area contributed by atoms with Gasteiger partial charge in [-0.25, -0.2) is 4.79 Å². The molecule has 1 aliphatic heterocycles. The van der Waals surface area contributed by atoms with Gasteiger partial charge in [-0.15, -0.1) is 0 Å². The van der Waals surface area contributed by atoms with E-state index in [1.165, 1.54) is 11.5 Å². The molecule has 0 saturated carbocycles. The van der Waals surface area contributed by atoms with Gasteiger partial charge in [-0.05, 0) is 43.7 Å². The fourth-order valence-corrected chi connectivity index (χ4v) is 3.80. The molecule has 1 unspecified atom stereocenters. The van der Waals surface area contributed by atoms with Gasteiger partial charge in [0, 0.05) is 13.0 Å². The van der Waals surface area contributed by atoms with Crippen LogP contribution in [0.5, 0.6) is 0 Å². The number of aromatic nitrogens is 1. The highest BCUT2D eigenvalue weighted by molar-refractivity contribution is 6.11. The number of benzene rings is 2. The number of nitrogens with one attached hydrogen (secondary N) is 1. The standard InChI is InChI=1S/C23H20F3N3O6/c1-13(34-20(31)7-4-10-28-17-5-2-3-6-18(17)35-22(28)33)21(32)29-12-19(30)27-15-11-14(23(24,25)26)8-9-16(15)29/h2-3,5-6,8-9,11,13H,4,7,10,12H2,1H3,(H,27,30). The van der Waals surface area contributed by atoms with Crippen molar-refractivity contribution in [2.75, 3.05) is 16.8 Å². The van der Waals surface area contributed by atoms with Crippen molar-refractivity contribution < 1.29 is 36.7 Å². The second kappa shape index (κ2) is 9.28. The molecule has 0 aliphatic carbocycles. The molecular weight excluding hydrogens is 471 g/mol. The van der Waals surface area contributed by atoms with Gasteiger partial charge >= 0.3 is 17.9 Å². The van der Waals surface area contributed by atoms with Gasteiger partial charge < -0.3 is 14.5 Å². The Bertz CT molecular complexity index is 1360. The Kier molecular flexibility index (Phi) is 6.37. The number of alkyl halides is 3. The minimum Gasteiger partial charge on any atom is -0.453 e. The zero-order chi connectivity index (χ0) is 25.3. The van der Waals surface area contributed by atoms with Gasteiger partial charge in [-0.1, -0.05) is 12.1 Å². The Morgan fingerprint density at radius 1 is 1.17 bits per heavy atom. The Hall–Kier alpha value is -4.09. The third-order valence-electron chi connectivity index (χ3n) is 5.45. The number of hydrogen-bond acceptors (Lipinski definition) is 6. The number of halogens is 3. The van der Waals surface area contributed by atoms with E-state index < -0.39 is 47.9 Å². The minimum atomic E-state index is -4.62. The fraction of sp³-hybridized carbons (Fsp3) is 0.304. The molecule has 4 rings (SSSR count). The lowest BCUT2D eigenvalue weighted by molar-refractivity contribution is -0.154. The maximum absolute atomic E-state index is 13.0. The summed E-state index contributed by atoms with van der Waals surface area (Å²) in [5, 5.41) is 2.32. The van der Waals surface area contributed by atoms with Crippen molar-refractivity contribution in [3.63, 3.8) is 0 Å². The van der Waals surface area contributed by atoms with Gasteiger partial charge in [0.2, 0.25) is 5.91 Å². The van der Waals surface area contributed by atoms with Crippen LogP contribution < -0.4 is 16.0 Å². The van der Waals surface area contributed by atoms with E-state index in [0.717, 1.165) is 23.1 Å². The summed E-state index contributed by atoms with van der Waals surface area (Å²) >= 11 is 0. The fourth-order valence-electron chi connectivity index (χ4n) is 3.80. The van der Waals surface area contributed by atoms with Crippen molar-refractivity contribution in [3.05, 3.63) is 58.6 Å². The molecule has 1 atom stereocenters. The maximum atomic E-state index is 13.0. The van der Waals surface area contributed by atoms with Crippen LogP contribution in [0.15, 0.2) is 51.7 Å². The molecule has 2 heterocycles. The lowest BCUT2D eigenvalue weighted by Gasteiger charge is -2.31. The van der Waals surface area contributed by atoms with Gasteiger partial charge in [0.25, 0.3) is 5.91 Å². The number of amides is 2. The van der Waals surface area contributed by atoms with Gasteiger partial charge in [0.15, 0.2) is 11.7 Å². The van der Waals surface area contributed by atoms with Crippen molar-refractivity contribution in [1.29, 1.82) is 0 Å². The molecule has 1 N–H and O–H groups in total. The molecule has 9 nitrogen and oxygen atoms in total. The van der Waals surface area contributed by atoms with Crippen molar-refractivity contribution in [2.24, 2.45) is 0 Å². The van der Waals surface area contributed by atoms with Crippen LogP contribution in [0.3, 0.4) is 0 Å². The number of para-hydroxylation sites is 2. The Balaban J connectivity index is 1.38. The summed E-state index contributed by atoms with van der Waals surface area (Å²) in [4.78, 5) is 50.1. The first kappa shape index (κ1) is 24.0. The summed E-state index contributed by atoms with van der Waals surface area (Å²) < 4.78 is 50.7. The van der Waals surface area contributed by atoms with E-state index in [2.05, 4.69) is 5.32 Å². The number of anilines is 2. The first-order valence-electron chi connectivity index (χ1n) is 10.6. The predicted molar refractivity (Wildman–Crippen MR) is 118 cm³/mol. The van der Waals surface area contributed by atoms with Crippen molar-refractivity contribution in [1.82, 2.24) is 4.57 Å². The van der Waals surface area contributed by atoms with E-state index in [0.29, 0.717) is 11.1 Å². The van der Waals surface area contributed by atoms with Gasteiger partial charge in [0.05, 0.1) is 22.5 Å². The number of carbonyl (C=O) groups excluding carboxylic acids is 3. The number of carbonyl (C=O) groups is 3. The van der Waals surface area contributed by atoms with Crippen LogP contribution in [-0.2, 0) is 31.8 Å². The molecule has 1 aromatic heterocycles. The summed E-state index contributed by atoms with van der Waals surface area (Å²) in [5.74, 6) is -2.70. The molecule has 2 amide bonds. The summed E-state index contributed by atoms with van der Waals surface area (Å²) in [6.07, 6.45) is -5.78. The van der Waals surface area contributed by atoms with Crippen LogP contribution in [0.25, 0.3) is 11.1 Å². The number of aryl methyl sites for hydroxylation is 1. The normalized spacial score (nSPS) is 14.4. The van der Waals surface area contributed by atoms with Crippen molar-refractivity contribution >= 4 is 40.3 Å². The molecule has 0 saturated heterocycles. The van der Waals surface area contributed by atoms with Crippen LogP contribution in [-0.4, -0.2) is 35.0 Å². The molecule has 184 valence electrons. The van der Waals surface area contributed by atoms with Crippen molar-refractivity contribution in [2.45, 2.75) is 38.6 Å². The average Bonchev–Trinajstić information content (AvgIpc) is 3.12. The average molecular weight is 491 g/mol. The molecule has 0 radical (unpaired) electrons. The molecule has 2 aromatic carbocycles. The Labute approximate surface area is 196 Å². The van der Waals surface area contributed by atoms with E-state index in [1.54, 1.807) is 24.3 Å². The predicted octanol–water partition coefficient (Wildman–Crippen LogP) is 3.31. The minimum absolute atomic E-state index is 0.0664. The number of oxazole rings is 1. The quantitative estimate of drug-likeness (QED) is 0.530. The number of rotatable bonds is 6. The molecule has 12 heteroatoms. The second-order valence-electron chi connectivity index (χ2n) is 7.93. The highest BCUT2D eigenvalue weighted by atomic mass is 19.4. The van der Waals surface area contributed by atoms with Gasteiger partial charge in [-0.2, -0.15) is 13.2 Å². The van der Waals surface area contributed by atoms with E-state index in [9.17, 15) is 32.3 Å². The van der Waals surface area contributed by atoms with Crippen LogP contribution >= 0.6 is 0 Å². The first-order valence-corrected chi connectivity index (χ1v) is 10.6. The van der Waals surface area contributed by atoms with Crippen LogP contribution in [0.1, 0.15) is 25.3 Å².